The van der Waals surface area contributed by atoms with Crippen LogP contribution in [0, 0.1) is 5.82 Å². The number of methoxy groups -OCH3 is 1. The third-order valence-electron chi connectivity index (χ3n) is 3.59. The van der Waals surface area contributed by atoms with Gasteiger partial charge < -0.3 is 10.1 Å². The summed E-state index contributed by atoms with van der Waals surface area (Å²) in [7, 11) is 1.31. The fourth-order valence-corrected chi connectivity index (χ4v) is 2.92. The summed E-state index contributed by atoms with van der Waals surface area (Å²) < 4.78 is 20.2. The van der Waals surface area contributed by atoms with Crippen molar-refractivity contribution in [2.75, 3.05) is 18.7 Å². The maximum absolute atomic E-state index is 13.7. The van der Waals surface area contributed by atoms with Gasteiger partial charge in [0.1, 0.15) is 11.9 Å². The maximum Gasteiger partial charge on any atom is 0.338 e. The molecule has 2 heterocycles. The highest BCUT2D eigenvalue weighted by Crippen LogP contribution is 2.36. The van der Waals surface area contributed by atoms with Crippen molar-refractivity contribution in [3.63, 3.8) is 0 Å². The van der Waals surface area contributed by atoms with E-state index >= 15 is 0 Å². The van der Waals surface area contributed by atoms with Crippen molar-refractivity contribution >= 4 is 23.7 Å². The molecule has 6 nitrogen and oxygen atoms in total. The van der Waals surface area contributed by atoms with Crippen LogP contribution in [-0.4, -0.2) is 34.1 Å². The van der Waals surface area contributed by atoms with E-state index in [0.717, 1.165) is 0 Å². The predicted octanol–water partition coefficient (Wildman–Crippen LogP) is 2.60. The summed E-state index contributed by atoms with van der Waals surface area (Å²) in [6, 6.07) is 5.50. The zero-order valence-electron chi connectivity index (χ0n) is 12.8. The highest BCUT2D eigenvalue weighted by atomic mass is 32.2. The van der Waals surface area contributed by atoms with Crippen LogP contribution in [0.25, 0.3) is 0 Å². The number of hydrogen-bond acceptors (Lipinski definition) is 6. The van der Waals surface area contributed by atoms with E-state index in [9.17, 15) is 9.18 Å². The molecule has 120 valence electrons. The summed E-state index contributed by atoms with van der Waals surface area (Å²) in [5.41, 5.74) is 1.59. The standard InChI is InChI=1S/C15H15FN4O2S/c1-8-11(13(21)22-2)12(9-5-4-6-10(16)7-9)20-14(17-8)18-15(19-20)23-3/h4-7,12H,1-3H3,(H,17,18,19)/t12-/m0/s1. The third-order valence-corrected chi connectivity index (χ3v) is 4.12. The average molecular weight is 334 g/mol. The van der Waals surface area contributed by atoms with Crippen LogP contribution in [-0.2, 0) is 9.53 Å². The van der Waals surface area contributed by atoms with Crippen molar-refractivity contribution < 1.29 is 13.9 Å². The van der Waals surface area contributed by atoms with E-state index < -0.39 is 12.0 Å². The van der Waals surface area contributed by atoms with Crippen molar-refractivity contribution in [1.82, 2.24) is 14.8 Å². The Balaban J connectivity index is 2.21. The van der Waals surface area contributed by atoms with E-state index in [-0.39, 0.29) is 5.82 Å². The van der Waals surface area contributed by atoms with Gasteiger partial charge >= 0.3 is 5.97 Å². The molecule has 1 aromatic heterocycles. The molecule has 1 atom stereocenters. The molecule has 0 fully saturated rings. The van der Waals surface area contributed by atoms with Gasteiger partial charge in [-0.05, 0) is 30.9 Å². The molecule has 0 spiro atoms. The van der Waals surface area contributed by atoms with Gasteiger partial charge in [-0.1, -0.05) is 23.9 Å². The molecule has 3 rings (SSSR count). The molecule has 0 unspecified atom stereocenters. The van der Waals surface area contributed by atoms with Crippen molar-refractivity contribution in [3.8, 4) is 0 Å². The van der Waals surface area contributed by atoms with Gasteiger partial charge in [-0.2, -0.15) is 4.98 Å². The zero-order chi connectivity index (χ0) is 16.6. The van der Waals surface area contributed by atoms with E-state index in [0.29, 0.717) is 27.9 Å². The van der Waals surface area contributed by atoms with Crippen LogP contribution in [0.5, 0.6) is 0 Å². The number of ether oxygens (including phenoxy) is 1. The first-order valence-electron chi connectivity index (χ1n) is 6.87. The van der Waals surface area contributed by atoms with Crippen LogP contribution in [0.2, 0.25) is 0 Å². The maximum atomic E-state index is 13.7. The quantitative estimate of drug-likeness (QED) is 0.687. The Morgan fingerprint density at radius 2 is 2.26 bits per heavy atom. The number of benzene rings is 1. The van der Waals surface area contributed by atoms with E-state index in [2.05, 4.69) is 15.4 Å². The van der Waals surface area contributed by atoms with Crippen LogP contribution in [0.3, 0.4) is 0 Å². The molecular weight excluding hydrogens is 319 g/mol. The van der Waals surface area contributed by atoms with E-state index in [4.69, 9.17) is 4.74 Å². The van der Waals surface area contributed by atoms with E-state index in [1.54, 1.807) is 23.7 Å². The number of anilines is 1. The molecule has 23 heavy (non-hydrogen) atoms. The largest absolute Gasteiger partial charge is 0.466 e. The zero-order valence-corrected chi connectivity index (χ0v) is 13.6. The predicted molar refractivity (Wildman–Crippen MR) is 84.7 cm³/mol. The fourth-order valence-electron chi connectivity index (χ4n) is 2.58. The molecule has 0 aliphatic carbocycles. The van der Waals surface area contributed by atoms with Crippen LogP contribution < -0.4 is 5.32 Å². The smallest absolute Gasteiger partial charge is 0.338 e. The first-order chi connectivity index (χ1) is 11.0. The van der Waals surface area contributed by atoms with Gasteiger partial charge in [-0.3, -0.25) is 0 Å². The number of nitrogens with zero attached hydrogens (tertiary/aromatic N) is 3. The Bertz CT molecular complexity index is 803. The average Bonchev–Trinajstić information content (AvgIpc) is 2.95. The van der Waals surface area contributed by atoms with E-state index in [1.165, 1.54) is 31.0 Å². The van der Waals surface area contributed by atoms with Gasteiger partial charge in [0, 0.05) is 5.70 Å². The lowest BCUT2D eigenvalue weighted by atomic mass is 9.96. The molecule has 0 saturated heterocycles. The molecule has 1 aromatic carbocycles. The van der Waals surface area contributed by atoms with E-state index in [1.807, 2.05) is 6.26 Å². The lowest BCUT2D eigenvalue weighted by Crippen LogP contribution is -2.29. The number of rotatable bonds is 3. The Morgan fingerprint density at radius 3 is 2.91 bits per heavy atom. The Kier molecular flexibility index (Phi) is 4.08. The molecule has 1 aliphatic rings. The van der Waals surface area contributed by atoms with Crippen LogP contribution in [0.4, 0.5) is 10.3 Å². The third kappa shape index (κ3) is 2.70. The summed E-state index contributed by atoms with van der Waals surface area (Å²) in [6.07, 6.45) is 1.86. The number of carbonyl (C=O) groups is 1. The fraction of sp³-hybridized carbons (Fsp3) is 0.267. The van der Waals surface area contributed by atoms with Crippen molar-refractivity contribution in [2.24, 2.45) is 0 Å². The van der Waals surface area contributed by atoms with Gasteiger partial charge in [-0.15, -0.1) is 5.10 Å². The highest BCUT2D eigenvalue weighted by molar-refractivity contribution is 7.98. The molecule has 0 amide bonds. The number of hydrogen-bond donors (Lipinski definition) is 1. The summed E-state index contributed by atoms with van der Waals surface area (Å²) in [6.45, 7) is 1.76. The van der Waals surface area contributed by atoms with Crippen LogP contribution in [0.15, 0.2) is 40.7 Å². The monoisotopic (exact) mass is 334 g/mol. The summed E-state index contributed by atoms with van der Waals surface area (Å²) in [5.74, 6) is -0.362. The topological polar surface area (TPSA) is 69.0 Å². The summed E-state index contributed by atoms with van der Waals surface area (Å²) >= 11 is 1.39. The lowest BCUT2D eigenvalue weighted by molar-refractivity contribution is -0.136. The van der Waals surface area contributed by atoms with Crippen LogP contribution >= 0.6 is 11.8 Å². The Morgan fingerprint density at radius 1 is 1.48 bits per heavy atom. The van der Waals surface area contributed by atoms with Crippen molar-refractivity contribution in [3.05, 3.63) is 46.9 Å². The first-order valence-corrected chi connectivity index (χ1v) is 8.09. The van der Waals surface area contributed by atoms with Crippen LogP contribution in [0.1, 0.15) is 18.5 Å². The molecule has 1 aliphatic heterocycles. The molecule has 0 bridgehead atoms. The van der Waals surface area contributed by atoms with Crippen molar-refractivity contribution in [2.45, 2.75) is 18.1 Å². The lowest BCUT2D eigenvalue weighted by Gasteiger charge is -2.27. The molecular formula is C15H15FN4O2S. The number of halogens is 1. The summed E-state index contributed by atoms with van der Waals surface area (Å²) in [4.78, 5) is 16.6. The van der Waals surface area contributed by atoms with Gasteiger partial charge in [0.05, 0.1) is 12.7 Å². The minimum Gasteiger partial charge on any atom is -0.466 e. The molecule has 2 aromatic rings. The number of carbonyl (C=O) groups excluding carboxylic acids is 1. The Hall–Kier alpha value is -2.35. The normalized spacial score (nSPS) is 16.8. The minimum atomic E-state index is -0.595. The first kappa shape index (κ1) is 15.5. The number of thioether (sulfide) groups is 1. The molecule has 0 saturated carbocycles. The van der Waals surface area contributed by atoms with Gasteiger partial charge in [0.2, 0.25) is 11.1 Å². The number of esters is 1. The number of aromatic nitrogens is 3. The summed E-state index contributed by atoms with van der Waals surface area (Å²) in [5, 5.41) is 8.02. The second kappa shape index (κ2) is 6.04. The molecule has 1 N–H and O–H groups in total. The molecule has 8 heteroatoms. The second-order valence-electron chi connectivity index (χ2n) is 4.98. The molecule has 0 radical (unpaired) electrons. The Labute approximate surface area is 136 Å². The second-order valence-corrected chi connectivity index (χ2v) is 5.75. The van der Waals surface area contributed by atoms with Gasteiger partial charge in [0.15, 0.2) is 0 Å². The van der Waals surface area contributed by atoms with Crippen molar-refractivity contribution in [1.29, 1.82) is 0 Å². The number of nitrogens with one attached hydrogen (secondary N) is 1. The highest BCUT2D eigenvalue weighted by Gasteiger charge is 2.34. The van der Waals surface area contributed by atoms with Gasteiger partial charge in [-0.25, -0.2) is 13.9 Å². The minimum absolute atomic E-state index is 0.378. The number of allylic oxidation sites excluding steroid dienone is 1. The van der Waals surface area contributed by atoms with Gasteiger partial charge in [0.25, 0.3) is 0 Å². The number of fused-ring (bicyclic) bond motifs is 1. The SMILES string of the molecule is COC(=O)C1=C(C)Nc2nc(SC)nn2[C@H]1c1cccc(F)c1.